The molecule has 0 spiro atoms. The maximum atomic E-state index is 13.4. The van der Waals surface area contributed by atoms with Crippen molar-refractivity contribution in [1.29, 1.82) is 0 Å². The summed E-state index contributed by atoms with van der Waals surface area (Å²) in [6.07, 6.45) is 0.277. The predicted octanol–water partition coefficient (Wildman–Crippen LogP) is 2.53. The molecule has 0 amide bonds. The number of hydrogen-bond donors (Lipinski definition) is 0. The Bertz CT molecular complexity index is 386. The molecule has 1 aromatic rings. The van der Waals surface area contributed by atoms with E-state index in [1.165, 1.54) is 19.2 Å². The quantitative estimate of drug-likeness (QED) is 0.456. The van der Waals surface area contributed by atoms with Crippen molar-refractivity contribution >= 4 is 17.3 Å². The molecular formula is C10H11ClFNO3. The van der Waals surface area contributed by atoms with Crippen molar-refractivity contribution in [2.24, 2.45) is 0 Å². The van der Waals surface area contributed by atoms with Gasteiger partial charge in [-0.1, -0.05) is 0 Å². The molecule has 0 radical (unpaired) electrons. The highest BCUT2D eigenvalue weighted by atomic mass is 35.5. The summed E-state index contributed by atoms with van der Waals surface area (Å²) in [6, 6.07) is 3.53. The molecule has 0 aliphatic rings. The number of nitrogens with zero attached hydrogens (tertiary/aromatic N) is 1. The fourth-order valence-corrected chi connectivity index (χ4v) is 1.59. The van der Waals surface area contributed by atoms with Gasteiger partial charge in [0.2, 0.25) is 0 Å². The van der Waals surface area contributed by atoms with E-state index in [0.717, 1.165) is 6.07 Å². The van der Waals surface area contributed by atoms with Gasteiger partial charge in [-0.3, -0.25) is 10.1 Å². The predicted molar refractivity (Wildman–Crippen MR) is 58.3 cm³/mol. The summed E-state index contributed by atoms with van der Waals surface area (Å²) in [7, 11) is 1.50. The molecule has 1 unspecified atom stereocenters. The lowest BCUT2D eigenvalue weighted by Gasteiger charge is -2.08. The van der Waals surface area contributed by atoms with Gasteiger partial charge in [0.1, 0.15) is 5.82 Å². The lowest BCUT2D eigenvalue weighted by atomic mass is 10.1. The number of benzene rings is 1. The second-order valence-corrected chi connectivity index (χ2v) is 3.91. The Morgan fingerprint density at radius 3 is 2.81 bits per heavy atom. The van der Waals surface area contributed by atoms with Crippen molar-refractivity contribution in [3.8, 4) is 0 Å². The number of nitro groups is 1. The third-order valence-electron chi connectivity index (χ3n) is 2.04. The number of rotatable bonds is 5. The summed E-state index contributed by atoms with van der Waals surface area (Å²) in [5.41, 5.74) is 0.0850. The van der Waals surface area contributed by atoms with E-state index in [0.29, 0.717) is 12.2 Å². The van der Waals surface area contributed by atoms with Crippen LogP contribution in [0.2, 0.25) is 0 Å². The maximum Gasteiger partial charge on any atom is 0.272 e. The lowest BCUT2D eigenvalue weighted by molar-refractivity contribution is -0.385. The van der Waals surface area contributed by atoms with Gasteiger partial charge >= 0.3 is 0 Å². The number of non-ortho nitro benzene ring substituents is 1. The standard InChI is InChI=1S/C10H11ClFNO3/c1-16-6-8(11)4-7-2-3-9(13(14)15)5-10(7)12/h2-3,5,8H,4,6H2,1H3. The Labute approximate surface area is 97.1 Å². The minimum absolute atomic E-state index is 0.265. The summed E-state index contributed by atoms with van der Waals surface area (Å²) in [5.74, 6) is -0.615. The van der Waals surface area contributed by atoms with Gasteiger partial charge in [-0.05, 0) is 18.1 Å². The first-order valence-corrected chi connectivity index (χ1v) is 5.04. The topological polar surface area (TPSA) is 52.4 Å². The number of methoxy groups -OCH3 is 1. The highest BCUT2D eigenvalue weighted by Gasteiger charge is 2.13. The molecule has 0 N–H and O–H groups in total. The molecule has 1 aromatic carbocycles. The Hall–Kier alpha value is -1.20. The molecule has 4 nitrogen and oxygen atoms in total. The monoisotopic (exact) mass is 247 g/mol. The molecular weight excluding hydrogens is 237 g/mol. The highest BCUT2D eigenvalue weighted by molar-refractivity contribution is 6.20. The summed E-state index contributed by atoms with van der Waals surface area (Å²) in [4.78, 5) is 9.74. The molecule has 16 heavy (non-hydrogen) atoms. The highest BCUT2D eigenvalue weighted by Crippen LogP contribution is 2.19. The molecule has 0 fully saturated rings. The summed E-state index contributed by atoms with van der Waals surface area (Å²) < 4.78 is 18.2. The molecule has 88 valence electrons. The van der Waals surface area contributed by atoms with Crippen LogP contribution in [-0.4, -0.2) is 24.0 Å². The molecule has 0 aliphatic carbocycles. The zero-order valence-corrected chi connectivity index (χ0v) is 9.41. The van der Waals surface area contributed by atoms with Gasteiger partial charge in [0, 0.05) is 13.2 Å². The summed E-state index contributed by atoms with van der Waals surface area (Å²) in [5, 5.41) is 10.0. The van der Waals surface area contributed by atoms with E-state index >= 15 is 0 Å². The molecule has 0 bridgehead atoms. The smallest absolute Gasteiger partial charge is 0.272 e. The third kappa shape index (κ3) is 3.43. The maximum absolute atomic E-state index is 13.4. The largest absolute Gasteiger partial charge is 0.383 e. The van der Waals surface area contributed by atoms with Crippen molar-refractivity contribution in [3.63, 3.8) is 0 Å². The molecule has 0 aromatic heterocycles. The van der Waals surface area contributed by atoms with Crippen molar-refractivity contribution in [2.75, 3.05) is 13.7 Å². The van der Waals surface area contributed by atoms with Crippen LogP contribution in [-0.2, 0) is 11.2 Å². The van der Waals surface area contributed by atoms with E-state index in [-0.39, 0.29) is 17.5 Å². The van der Waals surface area contributed by atoms with Gasteiger partial charge < -0.3 is 4.74 Å². The number of nitro benzene ring substituents is 1. The van der Waals surface area contributed by atoms with Gasteiger partial charge in [0.25, 0.3) is 5.69 Å². The van der Waals surface area contributed by atoms with Gasteiger partial charge in [-0.2, -0.15) is 0 Å². The van der Waals surface area contributed by atoms with Crippen molar-refractivity contribution in [1.82, 2.24) is 0 Å². The SMILES string of the molecule is COCC(Cl)Cc1ccc([N+](=O)[O-])cc1F. The number of ether oxygens (including phenoxy) is 1. The minimum atomic E-state index is -0.639. The molecule has 1 rings (SSSR count). The fraction of sp³-hybridized carbons (Fsp3) is 0.400. The zero-order chi connectivity index (χ0) is 12.1. The van der Waals surface area contributed by atoms with Crippen molar-refractivity contribution in [2.45, 2.75) is 11.8 Å². The average Bonchev–Trinajstić information content (AvgIpc) is 2.21. The number of alkyl halides is 1. The minimum Gasteiger partial charge on any atom is -0.383 e. The van der Waals surface area contributed by atoms with Crippen LogP contribution in [0.4, 0.5) is 10.1 Å². The van der Waals surface area contributed by atoms with E-state index in [4.69, 9.17) is 16.3 Å². The van der Waals surface area contributed by atoms with Crippen LogP contribution in [0, 0.1) is 15.9 Å². The van der Waals surface area contributed by atoms with Crippen LogP contribution in [0.15, 0.2) is 18.2 Å². The van der Waals surface area contributed by atoms with Crippen molar-refractivity contribution in [3.05, 3.63) is 39.7 Å². The zero-order valence-electron chi connectivity index (χ0n) is 8.65. The molecule has 0 saturated heterocycles. The van der Waals surface area contributed by atoms with Crippen LogP contribution in [0.25, 0.3) is 0 Å². The average molecular weight is 248 g/mol. The number of hydrogen-bond acceptors (Lipinski definition) is 3. The van der Waals surface area contributed by atoms with E-state index in [1.807, 2.05) is 0 Å². The van der Waals surface area contributed by atoms with E-state index in [2.05, 4.69) is 0 Å². The Balaban J connectivity index is 2.79. The van der Waals surface area contributed by atoms with E-state index < -0.39 is 10.7 Å². The molecule has 1 atom stereocenters. The number of halogens is 2. The Morgan fingerprint density at radius 1 is 1.62 bits per heavy atom. The second-order valence-electron chi connectivity index (χ2n) is 3.29. The van der Waals surface area contributed by atoms with E-state index in [1.54, 1.807) is 0 Å². The fourth-order valence-electron chi connectivity index (χ4n) is 1.29. The third-order valence-corrected chi connectivity index (χ3v) is 2.32. The first-order valence-electron chi connectivity index (χ1n) is 4.60. The van der Waals surface area contributed by atoms with E-state index in [9.17, 15) is 14.5 Å². The first-order chi connectivity index (χ1) is 7.54. The molecule has 0 heterocycles. The van der Waals surface area contributed by atoms with Gasteiger partial charge in [-0.15, -0.1) is 11.6 Å². The Morgan fingerprint density at radius 2 is 2.31 bits per heavy atom. The molecule has 6 heteroatoms. The lowest BCUT2D eigenvalue weighted by Crippen LogP contribution is -2.11. The normalized spacial score (nSPS) is 12.4. The van der Waals surface area contributed by atoms with Gasteiger partial charge in [0.05, 0.1) is 23.0 Å². The van der Waals surface area contributed by atoms with Crippen LogP contribution >= 0.6 is 11.6 Å². The Kier molecular flexibility index (Phi) is 4.64. The van der Waals surface area contributed by atoms with Crippen LogP contribution in [0.5, 0.6) is 0 Å². The van der Waals surface area contributed by atoms with Crippen LogP contribution in [0.3, 0.4) is 0 Å². The molecule has 0 saturated carbocycles. The first kappa shape index (κ1) is 12.9. The molecule has 0 aliphatic heterocycles. The van der Waals surface area contributed by atoms with Crippen LogP contribution < -0.4 is 0 Å². The van der Waals surface area contributed by atoms with Crippen molar-refractivity contribution < 1.29 is 14.1 Å². The summed E-state index contributed by atoms with van der Waals surface area (Å²) >= 11 is 5.86. The van der Waals surface area contributed by atoms with Gasteiger partial charge in [0.15, 0.2) is 0 Å². The second kappa shape index (κ2) is 5.77. The van der Waals surface area contributed by atoms with Crippen LogP contribution in [0.1, 0.15) is 5.56 Å². The summed E-state index contributed by atoms with van der Waals surface area (Å²) in [6.45, 7) is 0.304. The van der Waals surface area contributed by atoms with Gasteiger partial charge in [-0.25, -0.2) is 4.39 Å².